The van der Waals surface area contributed by atoms with E-state index in [0.29, 0.717) is 21.7 Å². The Morgan fingerprint density at radius 3 is 2.45 bits per heavy atom. The van der Waals surface area contributed by atoms with Gasteiger partial charge in [0.05, 0.1) is 10.2 Å². The number of aliphatic hydroxyl groups excluding tert-OH is 1. The molecular formula is C25H19N2O3S3+. The summed E-state index contributed by atoms with van der Waals surface area (Å²) < 4.78 is 30.7. The van der Waals surface area contributed by atoms with E-state index in [9.17, 15) is 13.5 Å². The van der Waals surface area contributed by atoms with Crippen molar-refractivity contribution >= 4 is 54.8 Å². The number of thiazole rings is 1. The Bertz CT molecular complexity index is 1590. The molecule has 1 aliphatic rings. The fourth-order valence-corrected chi connectivity index (χ4v) is 6.61. The lowest BCUT2D eigenvalue weighted by Crippen LogP contribution is -2.38. The first-order chi connectivity index (χ1) is 15.9. The van der Waals surface area contributed by atoms with E-state index in [2.05, 4.69) is 16.6 Å². The highest BCUT2D eigenvalue weighted by molar-refractivity contribution is 8.03. The first-order valence-electron chi connectivity index (χ1n) is 10.1. The van der Waals surface area contributed by atoms with Gasteiger partial charge in [-0.2, -0.15) is 0 Å². The Hall–Kier alpha value is -3.20. The zero-order chi connectivity index (χ0) is 23.0. The van der Waals surface area contributed by atoms with Crippen molar-refractivity contribution in [1.29, 1.82) is 0 Å². The van der Waals surface area contributed by atoms with Crippen molar-refractivity contribution in [2.45, 2.75) is 15.7 Å². The largest absolute Gasteiger partial charge is 0.507 e. The minimum absolute atomic E-state index is 0.142. The third-order valence-electron chi connectivity index (χ3n) is 5.25. The molecule has 0 saturated heterocycles. The first-order valence-corrected chi connectivity index (χ1v) is 13.3. The van der Waals surface area contributed by atoms with Crippen LogP contribution in [0.3, 0.4) is 0 Å². The summed E-state index contributed by atoms with van der Waals surface area (Å²) in [5.74, 6) is 0.142. The normalized spacial score (nSPS) is 15.1. The summed E-state index contributed by atoms with van der Waals surface area (Å²) in [5, 5.41) is 14.0. The lowest BCUT2D eigenvalue weighted by molar-refractivity contribution is 0.501. The minimum Gasteiger partial charge on any atom is -0.507 e. The van der Waals surface area contributed by atoms with E-state index in [0.717, 1.165) is 20.1 Å². The molecule has 164 valence electrons. The summed E-state index contributed by atoms with van der Waals surface area (Å²) in [6.45, 7) is 3.80. The number of thioether (sulfide) groups is 1. The van der Waals surface area contributed by atoms with Gasteiger partial charge in [0, 0.05) is 59.3 Å². The van der Waals surface area contributed by atoms with E-state index in [1.165, 1.54) is 23.9 Å². The molecule has 8 heteroatoms. The van der Waals surface area contributed by atoms with Gasteiger partial charge in [-0.3, -0.25) is 4.72 Å². The predicted octanol–water partition coefficient (Wildman–Crippen LogP) is 4.31. The van der Waals surface area contributed by atoms with Gasteiger partial charge in [0.2, 0.25) is 0 Å². The molecule has 2 N–H and O–H groups in total. The Morgan fingerprint density at radius 1 is 1.00 bits per heavy atom. The number of fused-ring (bicyclic) bond motifs is 2. The fourth-order valence-electron chi connectivity index (χ4n) is 3.60. The van der Waals surface area contributed by atoms with Crippen LogP contribution in [0.4, 0.5) is 0 Å². The number of nitrogens with one attached hydrogen (secondary N) is 1. The van der Waals surface area contributed by atoms with Gasteiger partial charge in [-0.1, -0.05) is 48.2 Å². The van der Waals surface area contributed by atoms with E-state index in [-0.39, 0.29) is 17.1 Å². The zero-order valence-electron chi connectivity index (χ0n) is 17.4. The molecule has 0 unspecified atom stereocenters. The second-order valence-corrected chi connectivity index (χ2v) is 11.3. The minimum atomic E-state index is -3.79. The fraction of sp³-hybridized carbons (Fsp3) is 0.0400. The highest BCUT2D eigenvalue weighted by Crippen LogP contribution is 2.33. The predicted molar refractivity (Wildman–Crippen MR) is 135 cm³/mol. The summed E-state index contributed by atoms with van der Waals surface area (Å²) in [5.41, 5.74) is 2.81. The molecule has 0 fully saturated rings. The molecule has 33 heavy (non-hydrogen) atoms. The van der Waals surface area contributed by atoms with Gasteiger partial charge in [-0.05, 0) is 17.5 Å². The Morgan fingerprint density at radius 2 is 1.70 bits per heavy atom. The van der Waals surface area contributed by atoms with Crippen LogP contribution in [0.1, 0.15) is 12.0 Å². The summed E-state index contributed by atoms with van der Waals surface area (Å²) >= 11 is 2.99. The third-order valence-corrected chi connectivity index (χ3v) is 8.72. The monoisotopic (exact) mass is 491 g/mol. The van der Waals surface area contributed by atoms with Gasteiger partial charge >= 0.3 is 0 Å². The van der Waals surface area contributed by atoms with Crippen molar-refractivity contribution in [3.05, 3.63) is 107 Å². The molecule has 0 atom stereocenters. The van der Waals surface area contributed by atoms with Crippen LogP contribution in [-0.4, -0.2) is 18.5 Å². The molecule has 0 radical (unpaired) electrons. The van der Waals surface area contributed by atoms with Crippen molar-refractivity contribution in [3.63, 3.8) is 0 Å². The second kappa shape index (κ2) is 8.62. The smallest absolute Gasteiger partial charge is 0.264 e. The summed E-state index contributed by atoms with van der Waals surface area (Å²) in [6.07, 6.45) is 0.243. The van der Waals surface area contributed by atoms with Crippen LogP contribution >= 0.6 is 23.1 Å². The lowest BCUT2D eigenvalue weighted by Gasteiger charge is -2.18. The van der Waals surface area contributed by atoms with Crippen molar-refractivity contribution in [2.75, 3.05) is 0 Å². The van der Waals surface area contributed by atoms with Crippen LogP contribution in [0.5, 0.6) is 0 Å². The number of hydrogen-bond acceptors (Lipinski definition) is 6. The van der Waals surface area contributed by atoms with Gasteiger partial charge in [0.1, 0.15) is 16.2 Å². The van der Waals surface area contributed by atoms with Crippen LogP contribution in [-0.2, 0) is 10.0 Å². The zero-order valence-corrected chi connectivity index (χ0v) is 19.8. The Balaban J connectivity index is 1.51. The molecule has 1 aromatic heterocycles. The molecule has 1 heterocycles. The Labute approximate surface area is 199 Å². The molecule has 0 bridgehead atoms. The van der Waals surface area contributed by atoms with Crippen molar-refractivity contribution in [2.24, 2.45) is 0 Å². The number of nitrogens with zero attached hydrogens (tertiary/aromatic N) is 1. The first kappa shape index (κ1) is 21.6. The number of rotatable bonds is 5. The molecule has 5 rings (SSSR count). The Kier molecular flexibility index (Phi) is 5.65. The van der Waals surface area contributed by atoms with E-state index >= 15 is 0 Å². The van der Waals surface area contributed by atoms with Crippen molar-refractivity contribution in [1.82, 2.24) is 9.71 Å². The average Bonchev–Trinajstić information content (AvgIpc) is 3.23. The lowest BCUT2D eigenvalue weighted by atomic mass is 10.00. The SMILES string of the molecule is [CH2+]c1ccc(S(=O)(=O)NC2=c3ccccc3=C(O)C(=CSc3nc4ccccc4s3)C2)cc1. The molecule has 4 aromatic rings. The van der Waals surface area contributed by atoms with Gasteiger partial charge in [-0.25, -0.2) is 13.4 Å². The van der Waals surface area contributed by atoms with Gasteiger partial charge in [0.15, 0.2) is 4.34 Å². The third kappa shape index (κ3) is 4.37. The maximum Gasteiger partial charge on any atom is 0.264 e. The van der Waals surface area contributed by atoms with Gasteiger partial charge < -0.3 is 5.11 Å². The number of aliphatic hydroxyl groups is 1. The molecule has 0 amide bonds. The van der Waals surface area contributed by atoms with Crippen LogP contribution in [0, 0.1) is 6.92 Å². The van der Waals surface area contributed by atoms with Crippen LogP contribution in [0.2, 0.25) is 0 Å². The highest BCUT2D eigenvalue weighted by atomic mass is 32.2. The molecule has 0 aliphatic heterocycles. The highest BCUT2D eigenvalue weighted by Gasteiger charge is 2.22. The number of aromatic nitrogens is 1. The molecule has 5 nitrogen and oxygen atoms in total. The van der Waals surface area contributed by atoms with E-state index in [1.807, 2.05) is 41.8 Å². The molecule has 3 aromatic carbocycles. The number of hydrogen-bond donors (Lipinski definition) is 2. The molecule has 0 spiro atoms. The van der Waals surface area contributed by atoms with Gasteiger partial charge in [-0.15, -0.1) is 11.3 Å². The maximum absolute atomic E-state index is 13.0. The molecule has 0 saturated carbocycles. The quantitative estimate of drug-likeness (QED) is 0.321. The van der Waals surface area contributed by atoms with E-state index < -0.39 is 10.0 Å². The van der Waals surface area contributed by atoms with Gasteiger partial charge in [0.25, 0.3) is 10.0 Å². The standard InChI is InChI=1S/C25H18N2O3S3/c1-16-10-12-18(13-11-16)33(29,30)27-22-14-17(24(28)20-7-3-2-6-19(20)22)15-31-25-26-21-8-4-5-9-23(21)32-25/h2-13,15,27H,1,14H2/p+1. The maximum atomic E-state index is 13.0. The van der Waals surface area contributed by atoms with E-state index in [4.69, 9.17) is 0 Å². The van der Waals surface area contributed by atoms with Crippen molar-refractivity contribution < 1.29 is 13.5 Å². The number of sulfonamides is 1. The van der Waals surface area contributed by atoms with Crippen LogP contribution in [0.25, 0.3) is 21.7 Å². The number of benzene rings is 3. The molecule has 1 aliphatic carbocycles. The van der Waals surface area contributed by atoms with Crippen LogP contribution < -0.4 is 15.2 Å². The van der Waals surface area contributed by atoms with Crippen LogP contribution in [0.15, 0.2) is 93.0 Å². The van der Waals surface area contributed by atoms with Crippen molar-refractivity contribution in [3.8, 4) is 0 Å². The summed E-state index contributed by atoms with van der Waals surface area (Å²) in [4.78, 5) is 4.77. The topological polar surface area (TPSA) is 79.3 Å². The van der Waals surface area contributed by atoms with E-state index in [1.54, 1.807) is 35.6 Å². The summed E-state index contributed by atoms with van der Waals surface area (Å²) in [7, 11) is -3.79. The summed E-state index contributed by atoms with van der Waals surface area (Å²) in [6, 6.07) is 21.5. The second-order valence-electron chi connectivity index (χ2n) is 7.51. The average molecular weight is 492 g/mol. The number of para-hydroxylation sites is 1. The molecular weight excluding hydrogens is 472 g/mol.